The molecule has 0 aliphatic carbocycles. The number of allylic oxidation sites excluding steroid dienone is 1. The Kier molecular flexibility index (Phi) is 6.85. The van der Waals surface area contributed by atoms with Crippen molar-refractivity contribution in [1.29, 1.82) is 0 Å². The van der Waals surface area contributed by atoms with Crippen molar-refractivity contribution < 1.29 is 23.8 Å². The molecule has 1 aromatic carbocycles. The van der Waals surface area contributed by atoms with Gasteiger partial charge in [-0.25, -0.2) is 4.39 Å². The smallest absolute Gasteiger partial charge is 0.288 e. The molecule has 0 bridgehead atoms. The van der Waals surface area contributed by atoms with Crippen LogP contribution in [0.1, 0.15) is 44.1 Å². The molecule has 2 aliphatic rings. The summed E-state index contributed by atoms with van der Waals surface area (Å²) in [5.41, 5.74) is 0.916. The Balaban J connectivity index is 1.93. The number of aliphatic hydroxyl groups is 1. The van der Waals surface area contributed by atoms with Gasteiger partial charge in [-0.3, -0.25) is 4.79 Å². The molecule has 1 amide bonds. The highest BCUT2D eigenvalue weighted by atomic mass is 19.1. The maximum Gasteiger partial charge on any atom is 0.288 e. The van der Waals surface area contributed by atoms with Crippen LogP contribution in [-0.4, -0.2) is 48.5 Å². The van der Waals surface area contributed by atoms with E-state index in [1.807, 2.05) is 17.9 Å². The first-order valence-corrected chi connectivity index (χ1v) is 9.79. The molecule has 3 rings (SSSR count). The van der Waals surface area contributed by atoms with E-state index in [9.17, 15) is 14.3 Å². The SMILES string of the molecule is CCO[C@H]1OC(C(=O)N2CCCC2)=C[C@@H](c2ccc(F)cc2)[C@H]1CCCO. The van der Waals surface area contributed by atoms with Gasteiger partial charge >= 0.3 is 0 Å². The first kappa shape index (κ1) is 19.8. The van der Waals surface area contributed by atoms with Crippen molar-refractivity contribution in [1.82, 2.24) is 4.90 Å². The van der Waals surface area contributed by atoms with Gasteiger partial charge in [-0.1, -0.05) is 12.1 Å². The monoisotopic (exact) mass is 377 g/mol. The van der Waals surface area contributed by atoms with Gasteiger partial charge in [-0.05, 0) is 56.4 Å². The molecule has 0 saturated carbocycles. The minimum absolute atomic E-state index is 0.0577. The van der Waals surface area contributed by atoms with Crippen LogP contribution < -0.4 is 0 Å². The molecule has 6 heteroatoms. The Hall–Kier alpha value is -1.92. The number of carbonyl (C=O) groups is 1. The average molecular weight is 377 g/mol. The molecule has 0 radical (unpaired) electrons. The molecular formula is C21H28FNO4. The van der Waals surface area contributed by atoms with Gasteiger partial charge in [0.2, 0.25) is 6.29 Å². The molecule has 1 saturated heterocycles. The Labute approximate surface area is 159 Å². The summed E-state index contributed by atoms with van der Waals surface area (Å²) in [5, 5.41) is 9.28. The summed E-state index contributed by atoms with van der Waals surface area (Å²) in [6, 6.07) is 6.35. The maximum atomic E-state index is 13.4. The van der Waals surface area contributed by atoms with E-state index in [0.717, 1.165) is 31.5 Å². The third kappa shape index (κ3) is 4.68. The van der Waals surface area contributed by atoms with Crippen LogP contribution in [0.25, 0.3) is 0 Å². The highest BCUT2D eigenvalue weighted by molar-refractivity contribution is 5.92. The lowest BCUT2D eigenvalue weighted by Gasteiger charge is -2.37. The number of carbonyl (C=O) groups excluding carboxylic acids is 1. The number of benzene rings is 1. The van der Waals surface area contributed by atoms with Gasteiger partial charge in [0.25, 0.3) is 5.91 Å². The lowest BCUT2D eigenvalue weighted by Crippen LogP contribution is -2.39. The highest BCUT2D eigenvalue weighted by Gasteiger charge is 2.39. The average Bonchev–Trinajstić information content (AvgIpc) is 3.21. The van der Waals surface area contributed by atoms with E-state index in [-0.39, 0.29) is 30.2 Å². The molecule has 27 heavy (non-hydrogen) atoms. The van der Waals surface area contributed by atoms with Gasteiger partial charge in [0.1, 0.15) is 5.82 Å². The summed E-state index contributed by atoms with van der Waals surface area (Å²) in [6.45, 7) is 3.91. The van der Waals surface area contributed by atoms with Crippen LogP contribution in [0.4, 0.5) is 4.39 Å². The van der Waals surface area contributed by atoms with E-state index >= 15 is 0 Å². The molecule has 5 nitrogen and oxygen atoms in total. The molecule has 2 heterocycles. The summed E-state index contributed by atoms with van der Waals surface area (Å²) < 4.78 is 25.2. The molecular weight excluding hydrogens is 349 g/mol. The number of rotatable bonds is 7. The van der Waals surface area contributed by atoms with Crippen LogP contribution in [0, 0.1) is 11.7 Å². The van der Waals surface area contributed by atoms with Crippen LogP contribution in [0.5, 0.6) is 0 Å². The largest absolute Gasteiger partial charge is 0.459 e. The molecule has 2 aliphatic heterocycles. The van der Waals surface area contributed by atoms with Gasteiger partial charge < -0.3 is 19.5 Å². The fraction of sp³-hybridized carbons (Fsp3) is 0.571. The Morgan fingerprint density at radius 3 is 2.63 bits per heavy atom. The number of hydrogen-bond donors (Lipinski definition) is 1. The number of likely N-dealkylation sites (tertiary alicyclic amines) is 1. The maximum absolute atomic E-state index is 13.4. The van der Waals surface area contributed by atoms with Crippen molar-refractivity contribution in [2.45, 2.75) is 44.8 Å². The minimum atomic E-state index is -0.567. The van der Waals surface area contributed by atoms with Gasteiger partial charge in [0.15, 0.2) is 5.76 Å². The van der Waals surface area contributed by atoms with Crippen molar-refractivity contribution in [3.05, 3.63) is 47.5 Å². The fourth-order valence-electron chi connectivity index (χ4n) is 3.90. The van der Waals surface area contributed by atoms with E-state index in [4.69, 9.17) is 9.47 Å². The number of hydrogen-bond acceptors (Lipinski definition) is 4. The quantitative estimate of drug-likeness (QED) is 0.793. The topological polar surface area (TPSA) is 59.0 Å². The van der Waals surface area contributed by atoms with E-state index in [2.05, 4.69) is 0 Å². The summed E-state index contributed by atoms with van der Waals surface area (Å²) in [5.74, 6) is -0.284. The van der Waals surface area contributed by atoms with E-state index in [1.54, 1.807) is 12.1 Å². The zero-order valence-corrected chi connectivity index (χ0v) is 15.8. The second kappa shape index (κ2) is 9.33. The van der Waals surface area contributed by atoms with Crippen LogP contribution in [0.15, 0.2) is 36.1 Å². The van der Waals surface area contributed by atoms with Crippen molar-refractivity contribution in [3.63, 3.8) is 0 Å². The molecule has 0 aromatic heterocycles. The second-order valence-corrected chi connectivity index (χ2v) is 7.08. The standard InChI is InChI=1S/C21H28FNO4/c1-2-26-21-17(6-5-13-24)18(15-7-9-16(22)10-8-15)14-19(27-21)20(25)23-11-3-4-12-23/h7-10,14,17-18,21,24H,2-6,11-13H2,1H3/t17-,18+,21+/m1/s1. The van der Waals surface area contributed by atoms with Gasteiger partial charge in [-0.15, -0.1) is 0 Å². The lowest BCUT2D eigenvalue weighted by molar-refractivity contribution is -0.170. The van der Waals surface area contributed by atoms with Gasteiger partial charge in [0, 0.05) is 38.1 Å². The number of amides is 1. The Morgan fingerprint density at radius 1 is 1.30 bits per heavy atom. The van der Waals surface area contributed by atoms with Crippen LogP contribution in [-0.2, 0) is 14.3 Å². The molecule has 1 fully saturated rings. The Morgan fingerprint density at radius 2 is 2.00 bits per heavy atom. The fourth-order valence-corrected chi connectivity index (χ4v) is 3.90. The predicted octanol–water partition coefficient (Wildman–Crippen LogP) is 3.20. The third-order valence-electron chi connectivity index (χ3n) is 5.27. The number of halogens is 1. The highest BCUT2D eigenvalue weighted by Crippen LogP contribution is 2.39. The number of nitrogens with zero attached hydrogens (tertiary/aromatic N) is 1. The molecule has 1 aromatic rings. The van der Waals surface area contributed by atoms with Crippen LogP contribution >= 0.6 is 0 Å². The first-order chi connectivity index (χ1) is 13.1. The second-order valence-electron chi connectivity index (χ2n) is 7.08. The van der Waals surface area contributed by atoms with E-state index in [0.29, 0.717) is 25.2 Å². The molecule has 0 spiro atoms. The van der Waals surface area contributed by atoms with Crippen LogP contribution in [0.3, 0.4) is 0 Å². The summed E-state index contributed by atoms with van der Waals surface area (Å²) in [6.07, 6.45) is 4.60. The normalized spacial score (nSPS) is 25.2. The van der Waals surface area contributed by atoms with Gasteiger partial charge in [0.05, 0.1) is 0 Å². The van der Waals surface area contributed by atoms with E-state index < -0.39 is 6.29 Å². The molecule has 0 unspecified atom stereocenters. The van der Waals surface area contributed by atoms with Gasteiger partial charge in [-0.2, -0.15) is 0 Å². The first-order valence-electron chi connectivity index (χ1n) is 9.79. The van der Waals surface area contributed by atoms with Crippen molar-refractivity contribution >= 4 is 5.91 Å². The third-order valence-corrected chi connectivity index (χ3v) is 5.27. The molecule has 3 atom stereocenters. The van der Waals surface area contributed by atoms with Crippen molar-refractivity contribution in [3.8, 4) is 0 Å². The lowest BCUT2D eigenvalue weighted by atomic mass is 9.80. The van der Waals surface area contributed by atoms with E-state index in [1.165, 1.54) is 12.1 Å². The number of aliphatic hydroxyl groups excluding tert-OH is 1. The zero-order chi connectivity index (χ0) is 19.2. The predicted molar refractivity (Wildman–Crippen MR) is 99.3 cm³/mol. The number of ether oxygens (including phenoxy) is 2. The minimum Gasteiger partial charge on any atom is -0.459 e. The summed E-state index contributed by atoms with van der Waals surface area (Å²) in [7, 11) is 0. The van der Waals surface area contributed by atoms with Crippen molar-refractivity contribution in [2.75, 3.05) is 26.3 Å². The van der Waals surface area contributed by atoms with Crippen molar-refractivity contribution in [2.24, 2.45) is 5.92 Å². The van der Waals surface area contributed by atoms with Crippen LogP contribution in [0.2, 0.25) is 0 Å². The zero-order valence-electron chi connectivity index (χ0n) is 15.8. The molecule has 1 N–H and O–H groups in total. The molecule has 148 valence electrons. The summed E-state index contributed by atoms with van der Waals surface area (Å²) in [4.78, 5) is 14.7. The Bertz CT molecular complexity index is 655. The summed E-state index contributed by atoms with van der Waals surface area (Å²) >= 11 is 0.